The summed E-state index contributed by atoms with van der Waals surface area (Å²) in [5, 5.41) is 1.07. The summed E-state index contributed by atoms with van der Waals surface area (Å²) in [7, 11) is -1.84. The summed E-state index contributed by atoms with van der Waals surface area (Å²) < 4.78 is 29.1. The quantitative estimate of drug-likeness (QED) is 0.558. The zero-order chi connectivity index (χ0) is 23.2. The lowest BCUT2D eigenvalue weighted by atomic mass is 10.1. The van der Waals surface area contributed by atoms with Crippen LogP contribution in [0, 0.1) is 0 Å². The fourth-order valence-corrected chi connectivity index (χ4v) is 6.99. The zero-order valence-electron chi connectivity index (χ0n) is 17.6. The van der Waals surface area contributed by atoms with Gasteiger partial charge in [-0.25, -0.2) is 18.2 Å². The van der Waals surface area contributed by atoms with E-state index in [1.54, 1.807) is 6.07 Å². The molecule has 2 atom stereocenters. The molecule has 5 rings (SSSR count). The van der Waals surface area contributed by atoms with Crippen LogP contribution >= 0.6 is 11.8 Å². The number of nitrogens with zero attached hydrogens (tertiary/aromatic N) is 3. The van der Waals surface area contributed by atoms with Crippen molar-refractivity contribution in [1.29, 1.82) is 0 Å². The molecule has 0 aliphatic carbocycles. The molecule has 1 saturated heterocycles. The summed E-state index contributed by atoms with van der Waals surface area (Å²) in [6, 6.07) is 13.6. The number of hydrogen-bond donors (Lipinski definition) is 1. The topological polar surface area (TPSA) is 122 Å². The number of aromatic amines is 1. The molecule has 3 aromatic rings. The largest absolute Gasteiger partial charge is 0.465 e. The Labute approximate surface area is 193 Å². The van der Waals surface area contributed by atoms with Gasteiger partial charge in [0.1, 0.15) is 5.82 Å². The average Bonchev–Trinajstić information content (AvgIpc) is 3.28. The molecule has 0 bridgehead atoms. The third-order valence-corrected chi connectivity index (χ3v) is 8.33. The van der Waals surface area contributed by atoms with Crippen molar-refractivity contribution in [2.75, 3.05) is 23.5 Å². The molecule has 1 aromatic heterocycles. The predicted octanol–water partition coefficient (Wildman–Crippen LogP) is 1.98. The van der Waals surface area contributed by atoms with E-state index in [0.717, 1.165) is 5.69 Å². The number of para-hydroxylation sites is 1. The van der Waals surface area contributed by atoms with Crippen molar-refractivity contribution in [3.05, 3.63) is 70.3 Å². The monoisotopic (exact) mass is 484 g/mol. The van der Waals surface area contributed by atoms with Crippen molar-refractivity contribution in [3.8, 4) is 0 Å². The Balaban J connectivity index is 1.44. The van der Waals surface area contributed by atoms with Crippen LogP contribution in [0.5, 0.6) is 0 Å². The van der Waals surface area contributed by atoms with Gasteiger partial charge in [0.2, 0.25) is 0 Å². The third-order valence-electron chi connectivity index (χ3n) is 5.66. The van der Waals surface area contributed by atoms with Gasteiger partial charge in [-0.15, -0.1) is 0 Å². The van der Waals surface area contributed by atoms with E-state index in [1.807, 2.05) is 35.2 Å². The number of anilines is 1. The summed E-state index contributed by atoms with van der Waals surface area (Å²) in [6.45, 7) is 0. The molecule has 33 heavy (non-hydrogen) atoms. The van der Waals surface area contributed by atoms with Crippen molar-refractivity contribution >= 4 is 49.3 Å². The van der Waals surface area contributed by atoms with E-state index in [1.165, 1.54) is 31.0 Å². The SMILES string of the molecule is COC(=O)c1ccc2c(=O)[nH]c(CSC3=NC4CS(=O)(=O)CC4N3c3ccccc3)nc2c1. The number of rotatable bonds is 4. The lowest BCUT2D eigenvalue weighted by Gasteiger charge is -2.26. The van der Waals surface area contributed by atoms with Crippen molar-refractivity contribution in [2.45, 2.75) is 17.8 Å². The first-order chi connectivity index (χ1) is 15.8. The Hall–Kier alpha value is -3.18. The molecule has 9 nitrogen and oxygen atoms in total. The second-order valence-electron chi connectivity index (χ2n) is 7.85. The van der Waals surface area contributed by atoms with Crippen LogP contribution in [0.3, 0.4) is 0 Å². The Kier molecular flexibility index (Phi) is 5.45. The summed E-state index contributed by atoms with van der Waals surface area (Å²) in [5.41, 5.74) is 1.28. The highest BCUT2D eigenvalue weighted by atomic mass is 32.2. The van der Waals surface area contributed by atoms with Gasteiger partial charge in [-0.1, -0.05) is 30.0 Å². The Morgan fingerprint density at radius 3 is 2.76 bits per heavy atom. The normalized spacial score (nSPS) is 21.1. The first-order valence-corrected chi connectivity index (χ1v) is 13.0. The van der Waals surface area contributed by atoms with Crippen LogP contribution in [-0.4, -0.2) is 60.2 Å². The predicted molar refractivity (Wildman–Crippen MR) is 128 cm³/mol. The zero-order valence-corrected chi connectivity index (χ0v) is 19.2. The maximum atomic E-state index is 12.5. The van der Waals surface area contributed by atoms with Crippen LogP contribution in [0.15, 0.2) is 58.3 Å². The van der Waals surface area contributed by atoms with Crippen molar-refractivity contribution in [1.82, 2.24) is 9.97 Å². The number of hydrogen-bond acceptors (Lipinski definition) is 9. The van der Waals surface area contributed by atoms with Gasteiger partial charge in [0.05, 0.1) is 52.9 Å². The summed E-state index contributed by atoms with van der Waals surface area (Å²) >= 11 is 1.39. The molecule has 11 heteroatoms. The van der Waals surface area contributed by atoms with Crippen LogP contribution in [0.1, 0.15) is 16.2 Å². The number of methoxy groups -OCH3 is 1. The molecule has 170 valence electrons. The van der Waals surface area contributed by atoms with E-state index < -0.39 is 15.8 Å². The van der Waals surface area contributed by atoms with Crippen molar-refractivity contribution in [2.24, 2.45) is 4.99 Å². The second kappa shape index (κ2) is 8.31. The van der Waals surface area contributed by atoms with Gasteiger partial charge in [0.15, 0.2) is 15.0 Å². The summed E-state index contributed by atoms with van der Waals surface area (Å²) in [5.74, 6) is 0.339. The number of amidine groups is 1. The highest BCUT2D eigenvalue weighted by molar-refractivity contribution is 8.13. The van der Waals surface area contributed by atoms with E-state index in [0.29, 0.717) is 33.2 Å². The molecular weight excluding hydrogens is 464 g/mol. The highest BCUT2D eigenvalue weighted by Gasteiger charge is 2.47. The third kappa shape index (κ3) is 4.13. The van der Waals surface area contributed by atoms with Gasteiger partial charge in [-0.3, -0.25) is 9.79 Å². The number of H-pyrrole nitrogens is 1. The molecule has 2 aliphatic heterocycles. The van der Waals surface area contributed by atoms with E-state index in [-0.39, 0.29) is 29.1 Å². The van der Waals surface area contributed by atoms with Crippen molar-refractivity contribution < 1.29 is 17.9 Å². The number of benzene rings is 2. The number of carbonyl (C=O) groups is 1. The van der Waals surface area contributed by atoms with Gasteiger partial charge >= 0.3 is 5.97 Å². The number of aromatic nitrogens is 2. The van der Waals surface area contributed by atoms with Crippen LogP contribution in [0.25, 0.3) is 10.9 Å². The average molecular weight is 485 g/mol. The number of nitrogens with one attached hydrogen (secondary N) is 1. The highest BCUT2D eigenvalue weighted by Crippen LogP contribution is 2.35. The fourth-order valence-electron chi connectivity index (χ4n) is 4.16. The minimum Gasteiger partial charge on any atom is -0.465 e. The Morgan fingerprint density at radius 1 is 1.21 bits per heavy atom. The number of carbonyl (C=O) groups excluding carboxylic acids is 1. The molecule has 3 heterocycles. The number of esters is 1. The van der Waals surface area contributed by atoms with Crippen LogP contribution < -0.4 is 10.5 Å². The van der Waals surface area contributed by atoms with Gasteiger partial charge in [0.25, 0.3) is 5.56 Å². The maximum Gasteiger partial charge on any atom is 0.337 e. The Bertz CT molecular complexity index is 1440. The summed E-state index contributed by atoms with van der Waals surface area (Å²) in [4.78, 5) is 38.3. The van der Waals surface area contributed by atoms with Gasteiger partial charge in [-0.05, 0) is 30.3 Å². The number of sulfone groups is 1. The molecule has 1 N–H and O–H groups in total. The van der Waals surface area contributed by atoms with E-state index in [4.69, 9.17) is 9.73 Å². The molecule has 0 amide bonds. The number of aliphatic imine (C=N–C) groups is 1. The molecule has 0 radical (unpaired) electrons. The minimum absolute atomic E-state index is 0.0341. The van der Waals surface area contributed by atoms with Gasteiger partial charge in [-0.2, -0.15) is 0 Å². The van der Waals surface area contributed by atoms with E-state index >= 15 is 0 Å². The standard InChI is InChI=1S/C22H20N4O5S2/c1-31-21(28)13-7-8-15-16(9-13)23-19(25-20(15)27)10-32-22-24-17-11-33(29,30)12-18(17)26(22)14-5-3-2-4-6-14/h2-9,17-18H,10-12H2,1H3,(H,23,25,27). The molecule has 1 fully saturated rings. The minimum atomic E-state index is -3.14. The van der Waals surface area contributed by atoms with Crippen LogP contribution in [0.2, 0.25) is 0 Å². The number of thioether (sulfide) groups is 1. The smallest absolute Gasteiger partial charge is 0.337 e. The molecule has 0 spiro atoms. The Morgan fingerprint density at radius 2 is 2.00 bits per heavy atom. The van der Waals surface area contributed by atoms with Gasteiger partial charge < -0.3 is 14.6 Å². The van der Waals surface area contributed by atoms with Crippen LogP contribution in [-0.2, 0) is 20.3 Å². The molecule has 0 saturated carbocycles. The lowest BCUT2D eigenvalue weighted by molar-refractivity contribution is 0.0601. The van der Waals surface area contributed by atoms with E-state index in [9.17, 15) is 18.0 Å². The van der Waals surface area contributed by atoms with E-state index in [2.05, 4.69) is 9.97 Å². The second-order valence-corrected chi connectivity index (χ2v) is 10.9. The fraction of sp³-hybridized carbons (Fsp3) is 0.273. The maximum absolute atomic E-state index is 12.5. The number of fused-ring (bicyclic) bond motifs is 2. The molecular formula is C22H20N4O5S2. The molecule has 2 aliphatic rings. The first kappa shape index (κ1) is 21.7. The molecule has 2 unspecified atom stereocenters. The first-order valence-electron chi connectivity index (χ1n) is 10.2. The van der Waals surface area contributed by atoms with Crippen molar-refractivity contribution in [3.63, 3.8) is 0 Å². The van der Waals surface area contributed by atoms with Crippen LogP contribution in [0.4, 0.5) is 5.69 Å². The van der Waals surface area contributed by atoms with Gasteiger partial charge in [0, 0.05) is 5.69 Å². The molecule has 2 aromatic carbocycles. The lowest BCUT2D eigenvalue weighted by Crippen LogP contribution is -2.39. The number of ether oxygens (including phenoxy) is 1. The summed E-state index contributed by atoms with van der Waals surface area (Å²) in [6.07, 6.45) is 0.